The van der Waals surface area contributed by atoms with Crippen LogP contribution in [0.3, 0.4) is 0 Å². The van der Waals surface area contributed by atoms with E-state index >= 15 is 0 Å². The molecule has 4 rings (SSSR count). The summed E-state index contributed by atoms with van der Waals surface area (Å²) in [5.74, 6) is -0.287. The molecule has 1 amide bonds. The minimum atomic E-state index is -0.546. The smallest absolute Gasteiger partial charge is 0.328 e. The van der Waals surface area contributed by atoms with E-state index in [4.69, 9.17) is 20.8 Å². The number of carbonyl (C=O) groups excluding carboxylic acids is 2. The zero-order chi connectivity index (χ0) is 21.3. The number of ether oxygens (including phenoxy) is 1. The number of rotatable bonds is 5. The molecule has 1 aliphatic rings. The molecule has 0 spiro atoms. The molecule has 0 bridgehead atoms. The van der Waals surface area contributed by atoms with E-state index in [1.165, 1.54) is 7.11 Å². The van der Waals surface area contributed by atoms with Gasteiger partial charge in [0.25, 0.3) is 5.91 Å². The largest absolute Gasteiger partial charge is 0.467 e. The van der Waals surface area contributed by atoms with E-state index in [1.54, 1.807) is 4.90 Å². The van der Waals surface area contributed by atoms with E-state index < -0.39 is 6.04 Å². The summed E-state index contributed by atoms with van der Waals surface area (Å²) in [5.41, 5.74) is 3.58. The lowest BCUT2D eigenvalue weighted by atomic mass is 10.0. The molecule has 1 saturated heterocycles. The molecule has 2 aromatic carbocycles. The number of fused-ring (bicyclic) bond motifs is 1. The third-order valence-corrected chi connectivity index (χ3v) is 5.90. The molecule has 5 nitrogen and oxygen atoms in total. The van der Waals surface area contributed by atoms with Crippen LogP contribution in [0.1, 0.15) is 42.3 Å². The van der Waals surface area contributed by atoms with Crippen molar-refractivity contribution in [2.24, 2.45) is 0 Å². The van der Waals surface area contributed by atoms with Crippen LogP contribution in [0, 0.1) is 0 Å². The minimum Gasteiger partial charge on any atom is -0.467 e. The number of nitrogens with zero attached hydrogens (tertiary/aromatic N) is 1. The van der Waals surface area contributed by atoms with Gasteiger partial charge in [0.2, 0.25) is 0 Å². The van der Waals surface area contributed by atoms with Gasteiger partial charge in [-0.1, -0.05) is 49.2 Å². The highest BCUT2D eigenvalue weighted by molar-refractivity contribution is 6.30. The van der Waals surface area contributed by atoms with Crippen molar-refractivity contribution >= 4 is 34.4 Å². The van der Waals surface area contributed by atoms with Crippen molar-refractivity contribution in [3.05, 3.63) is 58.8 Å². The molecule has 0 aliphatic carbocycles. The second-order valence-electron chi connectivity index (χ2n) is 7.56. The Hall–Kier alpha value is -2.79. The van der Waals surface area contributed by atoms with E-state index in [-0.39, 0.29) is 11.9 Å². The predicted molar refractivity (Wildman–Crippen MR) is 117 cm³/mol. The first kappa shape index (κ1) is 20.5. The Morgan fingerprint density at radius 3 is 2.60 bits per heavy atom. The number of amides is 1. The van der Waals surface area contributed by atoms with Gasteiger partial charge in [-0.25, -0.2) is 4.79 Å². The Morgan fingerprint density at radius 2 is 1.90 bits per heavy atom. The second kappa shape index (κ2) is 8.52. The van der Waals surface area contributed by atoms with Gasteiger partial charge >= 0.3 is 5.97 Å². The summed E-state index contributed by atoms with van der Waals surface area (Å²) in [6.45, 7) is 2.60. The first-order valence-corrected chi connectivity index (χ1v) is 10.6. The highest BCUT2D eigenvalue weighted by Gasteiger charge is 2.37. The lowest BCUT2D eigenvalue weighted by molar-refractivity contribution is -0.145. The lowest BCUT2D eigenvalue weighted by Gasteiger charge is -2.22. The van der Waals surface area contributed by atoms with E-state index in [2.05, 4.69) is 6.92 Å². The molecule has 1 aromatic heterocycles. The van der Waals surface area contributed by atoms with Gasteiger partial charge in [0, 0.05) is 22.5 Å². The summed E-state index contributed by atoms with van der Waals surface area (Å²) >= 11 is 6.00. The lowest BCUT2D eigenvalue weighted by Crippen LogP contribution is -2.41. The SMILES string of the molecule is CCCc1c(C(=O)N2CCCC2C(=O)OC)oc2cc(-c3ccc(Cl)cc3)ccc12. The van der Waals surface area contributed by atoms with Gasteiger partial charge in [0.1, 0.15) is 11.6 Å². The van der Waals surface area contributed by atoms with Gasteiger partial charge in [-0.3, -0.25) is 4.79 Å². The van der Waals surface area contributed by atoms with Gasteiger partial charge in [-0.2, -0.15) is 0 Å². The van der Waals surface area contributed by atoms with Gasteiger partial charge < -0.3 is 14.1 Å². The number of hydrogen-bond acceptors (Lipinski definition) is 4. The van der Waals surface area contributed by atoms with Crippen LogP contribution >= 0.6 is 11.6 Å². The van der Waals surface area contributed by atoms with Crippen molar-refractivity contribution in [3.63, 3.8) is 0 Å². The fourth-order valence-corrected chi connectivity index (χ4v) is 4.29. The Bertz CT molecular complexity index is 1090. The number of likely N-dealkylation sites (tertiary alicyclic amines) is 1. The maximum Gasteiger partial charge on any atom is 0.328 e. The van der Waals surface area contributed by atoms with E-state index in [1.807, 2.05) is 42.5 Å². The van der Waals surface area contributed by atoms with Crippen LogP contribution in [-0.4, -0.2) is 36.5 Å². The van der Waals surface area contributed by atoms with Crippen molar-refractivity contribution < 1.29 is 18.7 Å². The van der Waals surface area contributed by atoms with Crippen LogP contribution in [0.25, 0.3) is 22.1 Å². The van der Waals surface area contributed by atoms with Crippen molar-refractivity contribution in [2.45, 2.75) is 38.6 Å². The Morgan fingerprint density at radius 1 is 1.17 bits per heavy atom. The molecule has 156 valence electrons. The molecular formula is C24H24ClNO4. The monoisotopic (exact) mass is 425 g/mol. The summed E-state index contributed by atoms with van der Waals surface area (Å²) in [5, 5.41) is 1.62. The second-order valence-corrected chi connectivity index (χ2v) is 7.99. The number of hydrogen-bond donors (Lipinski definition) is 0. The first-order chi connectivity index (χ1) is 14.5. The summed E-state index contributed by atoms with van der Waals surface area (Å²) < 4.78 is 11.0. The average molecular weight is 426 g/mol. The maximum absolute atomic E-state index is 13.3. The molecule has 6 heteroatoms. The maximum atomic E-state index is 13.3. The number of furan rings is 1. The number of esters is 1. The third-order valence-electron chi connectivity index (χ3n) is 5.65. The standard InChI is InChI=1S/C24H24ClNO4/c1-3-5-19-18-12-9-16(15-7-10-17(25)11-8-15)14-21(18)30-22(19)23(27)26-13-4-6-20(26)24(28)29-2/h7-12,14,20H,3-6,13H2,1-2H3. The van der Waals surface area contributed by atoms with Crippen LogP contribution in [-0.2, 0) is 16.0 Å². The predicted octanol–water partition coefficient (Wildman–Crippen LogP) is 5.48. The summed E-state index contributed by atoms with van der Waals surface area (Å²) in [6, 6.07) is 13.1. The number of aryl methyl sites for hydroxylation is 1. The Balaban J connectivity index is 1.75. The fraction of sp³-hybridized carbons (Fsp3) is 0.333. The minimum absolute atomic E-state index is 0.240. The number of halogens is 1. The van der Waals surface area contributed by atoms with Crippen LogP contribution in [0.5, 0.6) is 0 Å². The number of methoxy groups -OCH3 is 1. The molecule has 1 aliphatic heterocycles. The normalized spacial score (nSPS) is 16.2. The van der Waals surface area contributed by atoms with Crippen molar-refractivity contribution in [1.82, 2.24) is 4.90 Å². The zero-order valence-electron chi connectivity index (χ0n) is 17.1. The van der Waals surface area contributed by atoms with E-state index in [0.29, 0.717) is 29.3 Å². The Kier molecular flexibility index (Phi) is 5.82. The molecule has 1 fully saturated rings. The fourth-order valence-electron chi connectivity index (χ4n) is 4.16. The molecule has 1 unspecified atom stereocenters. The average Bonchev–Trinajstić information content (AvgIpc) is 3.38. The molecular weight excluding hydrogens is 402 g/mol. The zero-order valence-corrected chi connectivity index (χ0v) is 17.9. The molecule has 2 heterocycles. The third kappa shape index (κ3) is 3.70. The number of carbonyl (C=O) groups is 2. The molecule has 0 N–H and O–H groups in total. The van der Waals surface area contributed by atoms with Gasteiger partial charge in [-0.15, -0.1) is 0 Å². The van der Waals surface area contributed by atoms with Crippen molar-refractivity contribution in [3.8, 4) is 11.1 Å². The molecule has 30 heavy (non-hydrogen) atoms. The quantitative estimate of drug-likeness (QED) is 0.507. The summed E-state index contributed by atoms with van der Waals surface area (Å²) in [4.78, 5) is 27.0. The van der Waals surface area contributed by atoms with Crippen molar-refractivity contribution in [2.75, 3.05) is 13.7 Å². The van der Waals surface area contributed by atoms with Gasteiger partial charge in [0.05, 0.1) is 7.11 Å². The summed E-state index contributed by atoms with van der Waals surface area (Å²) in [6.07, 6.45) is 3.00. The van der Waals surface area contributed by atoms with E-state index in [9.17, 15) is 9.59 Å². The molecule has 3 aromatic rings. The molecule has 0 saturated carbocycles. The van der Waals surface area contributed by atoms with Crippen LogP contribution in [0.4, 0.5) is 0 Å². The van der Waals surface area contributed by atoms with Crippen LogP contribution in [0.2, 0.25) is 5.02 Å². The van der Waals surface area contributed by atoms with Crippen LogP contribution < -0.4 is 0 Å². The highest BCUT2D eigenvalue weighted by Crippen LogP contribution is 2.33. The van der Waals surface area contributed by atoms with Gasteiger partial charge in [0.15, 0.2) is 5.76 Å². The first-order valence-electron chi connectivity index (χ1n) is 10.2. The topological polar surface area (TPSA) is 59.8 Å². The summed E-state index contributed by atoms with van der Waals surface area (Å²) in [7, 11) is 1.35. The highest BCUT2D eigenvalue weighted by atomic mass is 35.5. The van der Waals surface area contributed by atoms with E-state index in [0.717, 1.165) is 41.3 Å². The van der Waals surface area contributed by atoms with Gasteiger partial charge in [-0.05, 0) is 48.6 Å². The molecule has 1 atom stereocenters. The molecule has 0 radical (unpaired) electrons. The Labute approximate surface area is 180 Å². The van der Waals surface area contributed by atoms with Crippen molar-refractivity contribution in [1.29, 1.82) is 0 Å². The number of benzene rings is 2. The van der Waals surface area contributed by atoms with Crippen LogP contribution in [0.15, 0.2) is 46.9 Å².